The van der Waals surface area contributed by atoms with Crippen LogP contribution in [-0.2, 0) is 40.6 Å². The Bertz CT molecular complexity index is 1490. The first-order chi connectivity index (χ1) is 18.0. The lowest BCUT2D eigenvalue weighted by atomic mass is 9.94. The van der Waals surface area contributed by atoms with E-state index in [2.05, 4.69) is 20.0 Å². The Morgan fingerprint density at radius 3 is 2.66 bits per heavy atom. The Hall–Kier alpha value is -3.36. The summed E-state index contributed by atoms with van der Waals surface area (Å²) in [4.78, 5) is 33.6. The number of halogens is 3. The predicted octanol–water partition coefficient (Wildman–Crippen LogP) is 3.07. The van der Waals surface area contributed by atoms with Crippen molar-refractivity contribution in [3.63, 3.8) is 0 Å². The molecule has 38 heavy (non-hydrogen) atoms. The summed E-state index contributed by atoms with van der Waals surface area (Å²) >= 11 is 1.30. The highest BCUT2D eigenvalue weighted by atomic mass is 32.2. The van der Waals surface area contributed by atoms with Crippen molar-refractivity contribution in [1.29, 1.82) is 0 Å². The number of alkyl halides is 3. The van der Waals surface area contributed by atoms with Crippen molar-refractivity contribution in [3.8, 4) is 0 Å². The molecule has 3 aromatic rings. The van der Waals surface area contributed by atoms with Gasteiger partial charge in [0.2, 0.25) is 16.0 Å². The molecule has 0 bridgehead atoms. The largest absolute Gasteiger partial charge is 0.471 e. The summed E-state index contributed by atoms with van der Waals surface area (Å²) in [6.07, 6.45) is -1.95. The molecule has 2 aromatic heterocycles. The minimum absolute atomic E-state index is 0.0776. The van der Waals surface area contributed by atoms with Gasteiger partial charge in [0.15, 0.2) is 0 Å². The molecule has 0 saturated carbocycles. The summed E-state index contributed by atoms with van der Waals surface area (Å²) < 4.78 is 67.5. The normalized spacial score (nSPS) is 17.4. The number of thiophene rings is 1. The third-order valence-corrected chi connectivity index (χ3v) is 8.86. The number of amides is 2. The summed E-state index contributed by atoms with van der Waals surface area (Å²) in [6, 6.07) is 7.34. The van der Waals surface area contributed by atoms with E-state index in [9.17, 15) is 31.2 Å². The fraction of sp³-hybridized carbons (Fsp3) is 0.333. The molecular weight excluding hydrogens is 543 g/mol. The SMILES string of the molecule is O=C(Nc1ncc2c(n1)CCC(NS(=O)(=O)c1ccc3c(c1)CN(C(=O)C(F)(F)F)CC3)C2)c1cccs1. The van der Waals surface area contributed by atoms with E-state index in [1.807, 2.05) is 0 Å². The third kappa shape index (κ3) is 5.56. The van der Waals surface area contributed by atoms with E-state index in [0.717, 1.165) is 11.3 Å². The smallest absolute Gasteiger partial charge is 0.330 e. The molecule has 0 radical (unpaired) electrons. The number of carbonyl (C=O) groups excluding carboxylic acids is 2. The highest BCUT2D eigenvalue weighted by Crippen LogP contribution is 2.28. The molecule has 1 unspecified atom stereocenters. The Kier molecular flexibility index (Phi) is 6.96. The first-order valence-corrected chi connectivity index (χ1v) is 14.1. The van der Waals surface area contributed by atoms with Gasteiger partial charge in [0.25, 0.3) is 5.91 Å². The van der Waals surface area contributed by atoms with Gasteiger partial charge >= 0.3 is 12.1 Å². The summed E-state index contributed by atoms with van der Waals surface area (Å²) in [5.41, 5.74) is 2.56. The van der Waals surface area contributed by atoms with E-state index in [0.29, 0.717) is 40.2 Å². The molecule has 14 heteroatoms. The molecule has 9 nitrogen and oxygen atoms in total. The number of benzene rings is 1. The van der Waals surface area contributed by atoms with Gasteiger partial charge in [-0.05, 0) is 66.0 Å². The molecule has 0 fully saturated rings. The Morgan fingerprint density at radius 2 is 1.92 bits per heavy atom. The van der Waals surface area contributed by atoms with Crippen molar-refractivity contribution < 1.29 is 31.2 Å². The van der Waals surface area contributed by atoms with E-state index in [-0.39, 0.29) is 36.3 Å². The van der Waals surface area contributed by atoms with Crippen LogP contribution in [0.1, 0.15) is 38.5 Å². The number of sulfonamides is 1. The number of aryl methyl sites for hydroxylation is 1. The minimum atomic E-state index is -4.99. The fourth-order valence-electron chi connectivity index (χ4n) is 4.58. The molecule has 0 saturated heterocycles. The lowest BCUT2D eigenvalue weighted by Crippen LogP contribution is -2.43. The maximum Gasteiger partial charge on any atom is 0.471 e. The average molecular weight is 566 g/mol. The van der Waals surface area contributed by atoms with Crippen LogP contribution in [0.25, 0.3) is 0 Å². The van der Waals surface area contributed by atoms with Crippen LogP contribution in [0, 0.1) is 0 Å². The number of carbonyl (C=O) groups is 2. The number of nitrogens with one attached hydrogen (secondary N) is 2. The van der Waals surface area contributed by atoms with Crippen molar-refractivity contribution in [2.24, 2.45) is 0 Å². The molecule has 2 amide bonds. The number of hydrogen-bond acceptors (Lipinski definition) is 7. The van der Waals surface area contributed by atoms with Crippen LogP contribution in [0.15, 0.2) is 46.8 Å². The number of rotatable bonds is 5. The Balaban J connectivity index is 1.25. The summed E-state index contributed by atoms with van der Waals surface area (Å²) in [7, 11) is -3.98. The lowest BCUT2D eigenvalue weighted by molar-refractivity contribution is -0.186. The fourth-order valence-corrected chi connectivity index (χ4v) is 6.52. The van der Waals surface area contributed by atoms with Crippen LogP contribution in [0.4, 0.5) is 19.1 Å². The van der Waals surface area contributed by atoms with Crippen molar-refractivity contribution >= 4 is 39.1 Å². The zero-order valence-corrected chi connectivity index (χ0v) is 21.4. The van der Waals surface area contributed by atoms with Crippen molar-refractivity contribution in [2.75, 3.05) is 11.9 Å². The first kappa shape index (κ1) is 26.3. The Labute approximate surface area is 220 Å². The number of hydrogen-bond donors (Lipinski definition) is 2. The van der Waals surface area contributed by atoms with E-state index in [1.165, 1.54) is 23.5 Å². The van der Waals surface area contributed by atoms with Gasteiger partial charge in [0.05, 0.1) is 9.77 Å². The molecule has 2 aliphatic rings. The van der Waals surface area contributed by atoms with Crippen LogP contribution < -0.4 is 10.0 Å². The van der Waals surface area contributed by atoms with E-state index < -0.39 is 28.1 Å². The molecular formula is C24H22F3N5O4S2. The molecule has 3 heterocycles. The predicted molar refractivity (Wildman–Crippen MR) is 132 cm³/mol. The molecule has 1 aromatic carbocycles. The zero-order chi connectivity index (χ0) is 27.1. The molecule has 1 aliphatic carbocycles. The number of fused-ring (bicyclic) bond motifs is 2. The number of anilines is 1. The monoisotopic (exact) mass is 565 g/mol. The van der Waals surface area contributed by atoms with Gasteiger partial charge in [-0.1, -0.05) is 12.1 Å². The van der Waals surface area contributed by atoms with Gasteiger partial charge in [0.1, 0.15) is 0 Å². The number of aromatic nitrogens is 2. The van der Waals surface area contributed by atoms with Gasteiger partial charge in [-0.15, -0.1) is 11.3 Å². The second-order valence-electron chi connectivity index (χ2n) is 9.06. The van der Waals surface area contributed by atoms with Gasteiger partial charge in [-0.3, -0.25) is 14.9 Å². The van der Waals surface area contributed by atoms with E-state index in [1.54, 1.807) is 29.8 Å². The first-order valence-electron chi connectivity index (χ1n) is 11.7. The number of nitrogens with zero attached hydrogens (tertiary/aromatic N) is 3. The van der Waals surface area contributed by atoms with Crippen LogP contribution >= 0.6 is 11.3 Å². The molecule has 0 spiro atoms. The van der Waals surface area contributed by atoms with Crippen LogP contribution in [-0.4, -0.2) is 53.9 Å². The molecule has 200 valence electrons. The second kappa shape index (κ2) is 10.1. The topological polar surface area (TPSA) is 121 Å². The third-order valence-electron chi connectivity index (χ3n) is 6.47. The van der Waals surface area contributed by atoms with Gasteiger partial charge in [-0.25, -0.2) is 23.1 Å². The van der Waals surface area contributed by atoms with E-state index >= 15 is 0 Å². The van der Waals surface area contributed by atoms with E-state index in [4.69, 9.17) is 0 Å². The van der Waals surface area contributed by atoms with Gasteiger partial charge in [-0.2, -0.15) is 13.2 Å². The average Bonchev–Trinajstić information content (AvgIpc) is 3.42. The highest BCUT2D eigenvalue weighted by molar-refractivity contribution is 7.89. The summed E-state index contributed by atoms with van der Waals surface area (Å²) in [5, 5.41) is 4.45. The molecule has 1 atom stereocenters. The lowest BCUT2D eigenvalue weighted by Gasteiger charge is -2.30. The summed E-state index contributed by atoms with van der Waals surface area (Å²) in [5.74, 6) is -2.07. The second-order valence-corrected chi connectivity index (χ2v) is 11.7. The Morgan fingerprint density at radius 1 is 1.11 bits per heavy atom. The van der Waals surface area contributed by atoms with Crippen LogP contribution in [0.5, 0.6) is 0 Å². The quantitative estimate of drug-likeness (QED) is 0.491. The van der Waals surface area contributed by atoms with Crippen LogP contribution in [0.3, 0.4) is 0 Å². The maximum atomic E-state index is 13.1. The van der Waals surface area contributed by atoms with Crippen molar-refractivity contribution in [2.45, 2.75) is 49.3 Å². The molecule has 1 aliphatic heterocycles. The van der Waals surface area contributed by atoms with Gasteiger partial charge < -0.3 is 4.90 Å². The highest BCUT2D eigenvalue weighted by Gasteiger charge is 2.43. The minimum Gasteiger partial charge on any atom is -0.330 e. The van der Waals surface area contributed by atoms with Crippen LogP contribution in [0.2, 0.25) is 0 Å². The maximum absolute atomic E-state index is 13.1. The van der Waals surface area contributed by atoms with Gasteiger partial charge in [0, 0.05) is 31.0 Å². The summed E-state index contributed by atoms with van der Waals surface area (Å²) in [6.45, 7) is -0.394. The zero-order valence-electron chi connectivity index (χ0n) is 19.8. The van der Waals surface area contributed by atoms with Crippen molar-refractivity contribution in [1.82, 2.24) is 19.6 Å². The standard InChI is InChI=1S/C24H22F3N5O4S2/c25-24(26,27)22(34)32-8-7-14-3-5-18(11-16(14)13-32)38(35,36)31-17-4-6-19-15(10-17)12-28-23(29-19)30-21(33)20-2-1-9-37-20/h1-3,5,9,11-12,17,31H,4,6-8,10,13H2,(H,28,29,30,33). The molecule has 5 rings (SSSR count). The molecule has 2 N–H and O–H groups in total. The van der Waals surface area contributed by atoms with Crippen molar-refractivity contribution in [3.05, 3.63) is 69.2 Å².